The van der Waals surface area contributed by atoms with Gasteiger partial charge < -0.3 is 5.11 Å². The lowest BCUT2D eigenvalue weighted by Crippen LogP contribution is -2.12. The van der Waals surface area contributed by atoms with Gasteiger partial charge in [0.15, 0.2) is 0 Å². The predicted octanol–water partition coefficient (Wildman–Crippen LogP) is 8.49. The van der Waals surface area contributed by atoms with Gasteiger partial charge in [0, 0.05) is 6.10 Å². The summed E-state index contributed by atoms with van der Waals surface area (Å²) in [7, 11) is -3.80. The van der Waals surface area contributed by atoms with E-state index in [1.807, 2.05) is 0 Å². The van der Waals surface area contributed by atoms with Gasteiger partial charge in [-0.3, -0.25) is 0 Å². The fraction of sp³-hybridized carbons (Fsp3) is 1.00. The molecule has 0 fully saturated rings. The van der Waals surface area contributed by atoms with Crippen LogP contribution >= 0.6 is 0 Å². The Morgan fingerprint density at radius 2 is 0.727 bits per heavy atom. The molecule has 0 aromatic rings. The van der Waals surface area contributed by atoms with Crippen LogP contribution in [-0.4, -0.2) is 32.8 Å². The Hall–Kier alpha value is -0.170. The van der Waals surface area contributed by atoms with E-state index < -0.39 is 10.4 Å². The normalized spacial score (nSPS) is 11.6. The second-order valence-corrected chi connectivity index (χ2v) is 10.8. The first-order valence-corrected chi connectivity index (χ1v) is 15.4. The van der Waals surface area contributed by atoms with Gasteiger partial charge in [0.25, 0.3) is 0 Å². The van der Waals surface area contributed by atoms with Crippen LogP contribution in [0.3, 0.4) is 0 Å². The van der Waals surface area contributed by atoms with Crippen LogP contribution in [0.15, 0.2) is 0 Å². The number of hydrogen-bond donors (Lipinski definition) is 1. The highest BCUT2D eigenvalue weighted by atomic mass is 32.3. The zero-order chi connectivity index (χ0) is 25.0. The molecule has 0 aliphatic rings. The molecule has 0 heterocycles. The molecule has 0 amide bonds. The molecule has 0 aromatic heterocycles. The number of unbranched alkanes of at least 4 members (excludes halogenated alkanes) is 18. The first kappa shape index (κ1) is 35.0. The smallest absolute Gasteiger partial charge is 0.394 e. The van der Waals surface area contributed by atoms with E-state index in [0.29, 0.717) is 0 Å². The summed E-state index contributed by atoms with van der Waals surface area (Å²) in [5, 5.41) is 8.06. The Morgan fingerprint density at radius 1 is 0.515 bits per heavy atom. The van der Waals surface area contributed by atoms with Crippen LogP contribution in [0.1, 0.15) is 156 Å². The number of aliphatic hydroxyl groups excluding tert-OH is 1. The summed E-state index contributed by atoms with van der Waals surface area (Å²) in [6.45, 7) is 8.42. The molecule has 0 unspecified atom stereocenters. The van der Waals surface area contributed by atoms with E-state index in [1.54, 1.807) is 13.8 Å². The third-order valence-corrected chi connectivity index (χ3v) is 6.36. The molecule has 0 aromatic carbocycles. The Kier molecular flexibility index (Phi) is 29.8. The quantitative estimate of drug-likeness (QED) is 0.136. The predicted molar refractivity (Wildman–Crippen MR) is 142 cm³/mol. The van der Waals surface area contributed by atoms with E-state index in [-0.39, 0.29) is 19.3 Å². The fourth-order valence-electron chi connectivity index (χ4n) is 3.53. The van der Waals surface area contributed by atoms with Gasteiger partial charge >= 0.3 is 10.4 Å². The van der Waals surface area contributed by atoms with Crippen LogP contribution in [0.4, 0.5) is 0 Å². The first-order valence-electron chi connectivity index (χ1n) is 14.1. The van der Waals surface area contributed by atoms with Crippen LogP contribution in [0.5, 0.6) is 0 Å². The van der Waals surface area contributed by atoms with Crippen molar-refractivity contribution in [1.29, 1.82) is 0 Å². The van der Waals surface area contributed by atoms with Crippen LogP contribution in [-0.2, 0) is 18.8 Å². The van der Waals surface area contributed by atoms with Crippen molar-refractivity contribution in [3.8, 4) is 0 Å². The number of rotatable bonds is 24. The minimum Gasteiger partial charge on any atom is -0.394 e. The van der Waals surface area contributed by atoms with E-state index in [2.05, 4.69) is 13.8 Å². The zero-order valence-electron chi connectivity index (χ0n) is 22.6. The maximum atomic E-state index is 11.7. The number of aliphatic hydroxyl groups is 1. The summed E-state index contributed by atoms with van der Waals surface area (Å²) in [6.07, 6.45) is 24.3. The third-order valence-electron chi connectivity index (χ3n) is 5.45. The molecule has 6 heteroatoms. The maximum absolute atomic E-state index is 11.7. The largest absolute Gasteiger partial charge is 0.399 e. The second-order valence-electron chi connectivity index (χ2n) is 9.51. The van der Waals surface area contributed by atoms with Crippen molar-refractivity contribution in [2.45, 2.75) is 162 Å². The average molecular weight is 495 g/mol. The second kappa shape index (κ2) is 28.1. The topological polar surface area (TPSA) is 72.8 Å². The van der Waals surface area contributed by atoms with Gasteiger partial charge in [-0.15, -0.1) is 0 Å². The molecule has 0 saturated carbocycles. The molecule has 5 nitrogen and oxygen atoms in total. The minimum absolute atomic E-state index is 0.167. The van der Waals surface area contributed by atoms with Crippen molar-refractivity contribution in [3.05, 3.63) is 0 Å². The van der Waals surface area contributed by atoms with Crippen LogP contribution in [0.25, 0.3) is 0 Å². The fourth-order valence-corrected chi connectivity index (χ4v) is 4.25. The first-order chi connectivity index (χ1) is 15.9. The lowest BCUT2D eigenvalue weighted by atomic mass is 10.1. The molecule has 0 aliphatic heterocycles. The van der Waals surface area contributed by atoms with E-state index in [1.165, 1.54) is 89.9 Å². The summed E-state index contributed by atoms with van der Waals surface area (Å²) in [4.78, 5) is 0. The molecule has 0 bridgehead atoms. The number of hydrogen-bond acceptors (Lipinski definition) is 5. The maximum Gasteiger partial charge on any atom is 0.399 e. The Bertz CT molecular complexity index is 417. The van der Waals surface area contributed by atoms with E-state index in [0.717, 1.165) is 38.5 Å². The Labute approximate surface area is 207 Å². The van der Waals surface area contributed by atoms with Gasteiger partial charge in [-0.05, 0) is 26.7 Å². The Morgan fingerprint density at radius 3 is 0.970 bits per heavy atom. The van der Waals surface area contributed by atoms with E-state index in [4.69, 9.17) is 13.5 Å². The van der Waals surface area contributed by atoms with Gasteiger partial charge in [0.1, 0.15) is 0 Å². The van der Waals surface area contributed by atoms with E-state index in [9.17, 15) is 8.42 Å². The molecular formula is C27H58O5S. The zero-order valence-corrected chi connectivity index (χ0v) is 23.4. The lowest BCUT2D eigenvalue weighted by Gasteiger charge is -2.06. The SMILES string of the molecule is CC(C)O.CCCCCCCCCCCCOS(=O)(=O)OCCCCCCCCCCCC. The summed E-state index contributed by atoms with van der Waals surface area (Å²) >= 11 is 0. The highest BCUT2D eigenvalue weighted by Gasteiger charge is 2.11. The molecular weight excluding hydrogens is 436 g/mol. The van der Waals surface area contributed by atoms with E-state index >= 15 is 0 Å². The summed E-state index contributed by atoms with van der Waals surface area (Å²) in [5.41, 5.74) is 0. The summed E-state index contributed by atoms with van der Waals surface area (Å²) in [5.74, 6) is 0. The average Bonchev–Trinajstić information content (AvgIpc) is 2.75. The van der Waals surface area contributed by atoms with Gasteiger partial charge in [-0.2, -0.15) is 8.42 Å². The van der Waals surface area contributed by atoms with Crippen LogP contribution in [0.2, 0.25) is 0 Å². The van der Waals surface area contributed by atoms with Gasteiger partial charge in [0.2, 0.25) is 0 Å². The minimum atomic E-state index is -3.80. The Balaban J connectivity index is 0. The molecule has 202 valence electrons. The monoisotopic (exact) mass is 494 g/mol. The van der Waals surface area contributed by atoms with Crippen molar-refractivity contribution >= 4 is 10.4 Å². The van der Waals surface area contributed by atoms with Crippen molar-refractivity contribution in [2.75, 3.05) is 13.2 Å². The van der Waals surface area contributed by atoms with Crippen molar-refractivity contribution in [2.24, 2.45) is 0 Å². The van der Waals surface area contributed by atoms with Gasteiger partial charge in [-0.25, -0.2) is 8.37 Å². The van der Waals surface area contributed by atoms with Crippen molar-refractivity contribution in [3.63, 3.8) is 0 Å². The van der Waals surface area contributed by atoms with Gasteiger partial charge in [-0.1, -0.05) is 129 Å². The molecule has 0 radical (unpaired) electrons. The van der Waals surface area contributed by atoms with Gasteiger partial charge in [0.05, 0.1) is 13.2 Å². The van der Waals surface area contributed by atoms with Crippen LogP contribution in [0, 0.1) is 0 Å². The van der Waals surface area contributed by atoms with Crippen molar-refractivity contribution < 1.29 is 21.9 Å². The molecule has 33 heavy (non-hydrogen) atoms. The molecule has 0 saturated heterocycles. The highest BCUT2D eigenvalue weighted by Crippen LogP contribution is 2.12. The lowest BCUT2D eigenvalue weighted by molar-refractivity contribution is 0.207. The summed E-state index contributed by atoms with van der Waals surface area (Å²) in [6, 6.07) is 0. The molecule has 0 rings (SSSR count). The highest BCUT2D eigenvalue weighted by molar-refractivity contribution is 7.81. The third kappa shape index (κ3) is 36.6. The molecule has 1 N–H and O–H groups in total. The standard InChI is InChI=1S/C24H50O4S.C3H8O/c1-3-5-7-9-11-13-15-17-19-21-23-27-29(25,26)28-24-22-20-18-16-14-12-10-8-6-4-2;1-3(2)4/h3-24H2,1-2H3;3-4H,1-2H3. The molecule has 0 atom stereocenters. The summed E-state index contributed by atoms with van der Waals surface area (Å²) < 4.78 is 33.3. The molecule has 0 spiro atoms. The van der Waals surface area contributed by atoms with Crippen molar-refractivity contribution in [1.82, 2.24) is 0 Å². The molecule has 0 aliphatic carbocycles. The van der Waals surface area contributed by atoms with Crippen LogP contribution < -0.4 is 0 Å².